The third kappa shape index (κ3) is 6.40. The van der Waals surface area contributed by atoms with Crippen LogP contribution in [-0.2, 0) is 11.3 Å². The molecule has 0 bridgehead atoms. The van der Waals surface area contributed by atoms with Crippen LogP contribution >= 0.6 is 35.7 Å². The maximum Gasteiger partial charge on any atom is 0.194 e. The zero-order valence-corrected chi connectivity index (χ0v) is 21.2. The van der Waals surface area contributed by atoms with Gasteiger partial charge in [-0.25, -0.2) is 4.99 Å². The number of nitrogens with one attached hydrogen (secondary N) is 1. The van der Waals surface area contributed by atoms with E-state index in [0.717, 1.165) is 71.5 Å². The molecular weight excluding hydrogens is 509 g/mol. The quantitative estimate of drug-likeness (QED) is 0.349. The summed E-state index contributed by atoms with van der Waals surface area (Å²) in [5, 5.41) is 3.50. The Morgan fingerprint density at radius 2 is 1.83 bits per heavy atom. The van der Waals surface area contributed by atoms with Crippen molar-refractivity contribution < 1.29 is 4.74 Å². The Kier molecular flexibility index (Phi) is 9.86. The fraction of sp³-hybridized carbons (Fsp3) is 0.682. The maximum absolute atomic E-state index is 5.51. The van der Waals surface area contributed by atoms with Crippen molar-refractivity contribution in [1.82, 2.24) is 15.1 Å². The lowest BCUT2D eigenvalue weighted by molar-refractivity contribution is 0.0195. The number of guanidine groups is 1. The Morgan fingerprint density at radius 1 is 1.10 bits per heavy atom. The highest BCUT2D eigenvalue weighted by atomic mass is 127. The van der Waals surface area contributed by atoms with E-state index in [0.29, 0.717) is 6.04 Å². The van der Waals surface area contributed by atoms with E-state index in [4.69, 9.17) is 9.73 Å². The molecule has 3 aliphatic rings. The van der Waals surface area contributed by atoms with Gasteiger partial charge in [-0.3, -0.25) is 4.90 Å². The topological polar surface area (TPSA) is 43.3 Å². The van der Waals surface area contributed by atoms with Gasteiger partial charge in [0, 0.05) is 69.0 Å². The predicted molar refractivity (Wildman–Crippen MR) is 139 cm³/mol. The van der Waals surface area contributed by atoms with Crippen LogP contribution < -0.4 is 10.2 Å². The number of likely N-dealkylation sites (tertiary alicyclic amines) is 1. The van der Waals surface area contributed by atoms with Crippen LogP contribution in [-0.4, -0.2) is 92.3 Å². The summed E-state index contributed by atoms with van der Waals surface area (Å²) in [6, 6.07) is 9.63. The first kappa shape index (κ1) is 23.9. The molecule has 3 saturated heterocycles. The molecule has 0 radical (unpaired) electrons. The molecule has 3 heterocycles. The summed E-state index contributed by atoms with van der Waals surface area (Å²) in [7, 11) is 0. The summed E-state index contributed by atoms with van der Waals surface area (Å²) in [4.78, 5) is 12.5. The van der Waals surface area contributed by atoms with Crippen LogP contribution in [0.1, 0.15) is 18.9 Å². The lowest BCUT2D eigenvalue weighted by Crippen LogP contribution is -2.46. The van der Waals surface area contributed by atoms with Gasteiger partial charge >= 0.3 is 0 Å². The van der Waals surface area contributed by atoms with E-state index in [1.54, 1.807) is 0 Å². The summed E-state index contributed by atoms with van der Waals surface area (Å²) in [6.07, 6.45) is 1.22. The van der Waals surface area contributed by atoms with Crippen molar-refractivity contribution in [3.05, 3.63) is 29.8 Å². The number of hydrogen-bond acceptors (Lipinski definition) is 5. The fourth-order valence-corrected chi connectivity index (χ4v) is 5.30. The molecule has 8 heteroatoms. The second kappa shape index (κ2) is 12.4. The van der Waals surface area contributed by atoms with Crippen molar-refractivity contribution in [1.29, 1.82) is 0 Å². The molecule has 0 spiro atoms. The van der Waals surface area contributed by atoms with E-state index in [2.05, 4.69) is 63.0 Å². The summed E-state index contributed by atoms with van der Waals surface area (Å²) in [5.41, 5.74) is 2.62. The lowest BCUT2D eigenvalue weighted by Gasteiger charge is -2.32. The van der Waals surface area contributed by atoms with Crippen LogP contribution in [0.15, 0.2) is 29.3 Å². The van der Waals surface area contributed by atoms with Crippen molar-refractivity contribution in [2.45, 2.75) is 25.9 Å². The molecule has 3 fully saturated rings. The van der Waals surface area contributed by atoms with Crippen LogP contribution in [0.2, 0.25) is 0 Å². The Bertz CT molecular complexity index is 662. The zero-order valence-electron chi connectivity index (χ0n) is 18.1. The van der Waals surface area contributed by atoms with E-state index in [1.807, 2.05) is 0 Å². The molecule has 1 unspecified atom stereocenters. The summed E-state index contributed by atoms with van der Waals surface area (Å²) in [5.74, 6) is 3.53. The number of benzene rings is 1. The number of rotatable bonds is 5. The second-order valence-electron chi connectivity index (χ2n) is 7.97. The van der Waals surface area contributed by atoms with Gasteiger partial charge in [0.15, 0.2) is 5.96 Å². The number of halogens is 1. The molecule has 1 atom stereocenters. The van der Waals surface area contributed by atoms with E-state index < -0.39 is 0 Å². The predicted octanol–water partition coefficient (Wildman–Crippen LogP) is 2.73. The van der Waals surface area contributed by atoms with Gasteiger partial charge in [-0.15, -0.1) is 24.0 Å². The van der Waals surface area contributed by atoms with Gasteiger partial charge in [0.25, 0.3) is 0 Å². The zero-order chi connectivity index (χ0) is 19.9. The van der Waals surface area contributed by atoms with Crippen molar-refractivity contribution in [2.75, 3.05) is 75.4 Å². The van der Waals surface area contributed by atoms with Gasteiger partial charge in [-0.1, -0.05) is 12.1 Å². The number of thioether (sulfide) groups is 1. The molecule has 30 heavy (non-hydrogen) atoms. The Morgan fingerprint density at radius 3 is 2.53 bits per heavy atom. The number of nitrogens with zero attached hydrogens (tertiary/aromatic N) is 4. The Balaban J connectivity index is 0.00000256. The molecule has 4 rings (SSSR count). The molecule has 1 aromatic carbocycles. The number of hydrogen-bond donors (Lipinski definition) is 1. The number of anilines is 1. The van der Waals surface area contributed by atoms with Gasteiger partial charge in [-0.2, -0.15) is 11.8 Å². The van der Waals surface area contributed by atoms with Crippen LogP contribution in [0, 0.1) is 0 Å². The molecule has 1 N–H and O–H groups in total. The lowest BCUT2D eigenvalue weighted by atomic mass is 10.2. The van der Waals surface area contributed by atoms with Crippen LogP contribution in [0.25, 0.3) is 0 Å². The maximum atomic E-state index is 5.51. The normalized spacial score (nSPS) is 23.4. The highest BCUT2D eigenvalue weighted by molar-refractivity contribution is 14.0. The van der Waals surface area contributed by atoms with Gasteiger partial charge in [0.05, 0.1) is 19.8 Å². The largest absolute Gasteiger partial charge is 0.379 e. The van der Waals surface area contributed by atoms with Crippen LogP contribution in [0.4, 0.5) is 5.69 Å². The van der Waals surface area contributed by atoms with E-state index in [9.17, 15) is 0 Å². The minimum Gasteiger partial charge on any atom is -0.379 e. The van der Waals surface area contributed by atoms with Crippen molar-refractivity contribution >= 4 is 47.4 Å². The molecule has 1 aromatic rings. The second-order valence-corrected chi connectivity index (χ2v) is 9.20. The smallest absolute Gasteiger partial charge is 0.194 e. The first-order valence-corrected chi connectivity index (χ1v) is 12.3. The molecule has 3 aliphatic heterocycles. The average Bonchev–Trinajstić information content (AvgIpc) is 3.28. The highest BCUT2D eigenvalue weighted by Gasteiger charge is 2.30. The molecule has 0 amide bonds. The number of ether oxygens (including phenoxy) is 1. The number of morpholine rings is 1. The van der Waals surface area contributed by atoms with E-state index in [1.165, 1.54) is 29.2 Å². The fourth-order valence-electron chi connectivity index (χ4n) is 4.40. The standard InChI is InChI=1S/C22H35N5OS.HI/c1-2-23-22(27-8-7-21(18-27)25-9-13-28-14-10-25)24-17-19-3-5-20(6-4-19)26-11-15-29-16-12-26;/h3-6,21H,2,7-18H2,1H3,(H,23,24);1H. The van der Waals surface area contributed by atoms with E-state index >= 15 is 0 Å². The summed E-state index contributed by atoms with van der Waals surface area (Å²) < 4.78 is 5.51. The third-order valence-corrected chi connectivity index (χ3v) is 7.03. The van der Waals surface area contributed by atoms with Crippen LogP contribution in [0.5, 0.6) is 0 Å². The number of aliphatic imine (C=N–C) groups is 1. The van der Waals surface area contributed by atoms with Crippen molar-refractivity contribution in [2.24, 2.45) is 4.99 Å². The minimum absolute atomic E-state index is 0. The minimum atomic E-state index is 0. The van der Waals surface area contributed by atoms with Crippen molar-refractivity contribution in [3.63, 3.8) is 0 Å². The van der Waals surface area contributed by atoms with Crippen molar-refractivity contribution in [3.8, 4) is 0 Å². The third-order valence-electron chi connectivity index (χ3n) is 6.08. The molecule has 0 aromatic heterocycles. The molecule has 0 saturated carbocycles. The molecule has 6 nitrogen and oxygen atoms in total. The Labute approximate surface area is 202 Å². The van der Waals surface area contributed by atoms with Gasteiger partial charge in [0.2, 0.25) is 0 Å². The SMILES string of the molecule is CCNC(=NCc1ccc(N2CCSCC2)cc1)N1CCC(N2CCOCC2)C1.I. The van der Waals surface area contributed by atoms with Gasteiger partial charge in [-0.05, 0) is 31.0 Å². The molecule has 0 aliphatic carbocycles. The van der Waals surface area contributed by atoms with Crippen LogP contribution in [0.3, 0.4) is 0 Å². The summed E-state index contributed by atoms with van der Waals surface area (Å²) in [6.45, 7) is 12.1. The van der Waals surface area contributed by atoms with Gasteiger partial charge < -0.3 is 19.9 Å². The Hall–Kier alpha value is -0.710. The van der Waals surface area contributed by atoms with E-state index in [-0.39, 0.29) is 24.0 Å². The first-order chi connectivity index (χ1) is 14.3. The average molecular weight is 546 g/mol. The molecule has 168 valence electrons. The van der Waals surface area contributed by atoms with Gasteiger partial charge in [0.1, 0.15) is 0 Å². The monoisotopic (exact) mass is 545 g/mol. The first-order valence-electron chi connectivity index (χ1n) is 11.1. The molecular formula is C22H36IN5OS. The highest BCUT2D eigenvalue weighted by Crippen LogP contribution is 2.21. The summed E-state index contributed by atoms with van der Waals surface area (Å²) >= 11 is 2.05.